The third-order valence-electron chi connectivity index (χ3n) is 8.80. The Morgan fingerprint density at radius 3 is 2.69 bits per heavy atom. The number of carbonyl (C=O) groups excluding carboxylic acids is 1. The summed E-state index contributed by atoms with van der Waals surface area (Å²) in [7, 11) is 0. The molecule has 4 nitrogen and oxygen atoms in total. The Bertz CT molecular complexity index is 918. The average molecular weight is 392 g/mol. The van der Waals surface area contributed by atoms with E-state index >= 15 is 0 Å². The molecule has 4 heteroatoms. The maximum absolute atomic E-state index is 12.5. The Morgan fingerprint density at radius 1 is 1.10 bits per heavy atom. The van der Waals surface area contributed by atoms with Gasteiger partial charge in [0.05, 0.1) is 17.6 Å². The van der Waals surface area contributed by atoms with Crippen LogP contribution < -0.4 is 0 Å². The first-order valence-corrected chi connectivity index (χ1v) is 11.4. The molecule has 0 spiro atoms. The van der Waals surface area contributed by atoms with Crippen molar-refractivity contribution in [1.29, 1.82) is 0 Å². The van der Waals surface area contributed by atoms with E-state index in [2.05, 4.69) is 42.8 Å². The molecule has 1 aromatic rings. The Labute approximate surface area is 174 Å². The SMILES string of the molecule is CCN1C(=O)CC[C@@]2(C)C1=CC[C@@H]1[C@@H]2CC[C@]2(C)C(c3cncc(C)n3)=CC[C@@H]12. The molecule has 0 bridgehead atoms. The largest absolute Gasteiger partial charge is 0.316 e. The lowest BCUT2D eigenvalue weighted by molar-refractivity contribution is -0.136. The molecule has 2 heterocycles. The molecule has 154 valence electrons. The Morgan fingerprint density at radius 2 is 1.93 bits per heavy atom. The van der Waals surface area contributed by atoms with Gasteiger partial charge in [0.15, 0.2) is 0 Å². The van der Waals surface area contributed by atoms with E-state index in [9.17, 15) is 4.79 Å². The summed E-state index contributed by atoms with van der Waals surface area (Å²) < 4.78 is 0. The minimum Gasteiger partial charge on any atom is -0.316 e. The minimum absolute atomic E-state index is 0.153. The number of piperidine rings is 1. The van der Waals surface area contributed by atoms with Crippen LogP contribution in [0.3, 0.4) is 0 Å². The molecule has 1 saturated carbocycles. The standard InChI is InChI=1S/C25H33N3O/c1-5-28-22-9-6-17-18-7-8-20(21-15-26-14-16(2)27-21)24(18,3)12-10-19(17)25(22,4)13-11-23(28)29/h8-9,14-15,17-19H,5-7,10-13H2,1-4H3/t17-,18-,19-,24-,25+/m0/s1. The van der Waals surface area contributed by atoms with Crippen LogP contribution >= 0.6 is 0 Å². The van der Waals surface area contributed by atoms with E-state index < -0.39 is 0 Å². The second-order valence-electron chi connectivity index (χ2n) is 10.1. The van der Waals surface area contributed by atoms with Gasteiger partial charge in [-0.3, -0.25) is 14.8 Å². The topological polar surface area (TPSA) is 46.1 Å². The monoisotopic (exact) mass is 391 g/mol. The molecule has 1 aliphatic heterocycles. The van der Waals surface area contributed by atoms with Crippen LogP contribution in [0.4, 0.5) is 0 Å². The van der Waals surface area contributed by atoms with E-state index in [1.54, 1.807) is 0 Å². The maximum Gasteiger partial charge on any atom is 0.226 e. The van der Waals surface area contributed by atoms with E-state index in [-0.39, 0.29) is 10.8 Å². The van der Waals surface area contributed by atoms with Gasteiger partial charge in [0.1, 0.15) is 0 Å². The highest BCUT2D eigenvalue weighted by Crippen LogP contribution is 2.65. The van der Waals surface area contributed by atoms with Gasteiger partial charge in [-0.25, -0.2) is 0 Å². The summed E-state index contributed by atoms with van der Waals surface area (Å²) in [5.74, 6) is 2.36. The van der Waals surface area contributed by atoms with Crippen LogP contribution in [0.25, 0.3) is 5.57 Å². The number of aryl methyl sites for hydroxylation is 1. The van der Waals surface area contributed by atoms with Crippen LogP contribution in [0.15, 0.2) is 30.2 Å². The minimum atomic E-state index is 0.153. The van der Waals surface area contributed by atoms with Gasteiger partial charge in [-0.05, 0) is 74.7 Å². The second-order valence-corrected chi connectivity index (χ2v) is 10.1. The summed E-state index contributed by atoms with van der Waals surface area (Å²) in [6.45, 7) is 9.87. The Kier molecular flexibility index (Phi) is 4.27. The third kappa shape index (κ3) is 2.60. The van der Waals surface area contributed by atoms with Gasteiger partial charge in [-0.1, -0.05) is 26.0 Å². The van der Waals surface area contributed by atoms with Gasteiger partial charge < -0.3 is 4.90 Å². The van der Waals surface area contributed by atoms with Crippen LogP contribution in [-0.2, 0) is 4.79 Å². The van der Waals surface area contributed by atoms with E-state index in [1.165, 1.54) is 24.1 Å². The fraction of sp³-hybridized carbons (Fsp3) is 0.640. The summed E-state index contributed by atoms with van der Waals surface area (Å²) >= 11 is 0. The number of carbonyl (C=O) groups is 1. The van der Waals surface area contributed by atoms with Gasteiger partial charge in [-0.2, -0.15) is 0 Å². The van der Waals surface area contributed by atoms with Gasteiger partial charge in [0.25, 0.3) is 0 Å². The van der Waals surface area contributed by atoms with Crippen molar-refractivity contribution in [2.45, 2.75) is 66.2 Å². The summed E-state index contributed by atoms with van der Waals surface area (Å²) in [5.41, 5.74) is 5.17. The van der Waals surface area contributed by atoms with E-state index in [0.29, 0.717) is 30.1 Å². The van der Waals surface area contributed by atoms with Gasteiger partial charge >= 0.3 is 0 Å². The van der Waals surface area contributed by atoms with Gasteiger partial charge in [0, 0.05) is 30.3 Å². The van der Waals surface area contributed by atoms with Crippen LogP contribution in [0.5, 0.6) is 0 Å². The van der Waals surface area contributed by atoms with E-state index in [1.807, 2.05) is 19.3 Å². The zero-order valence-corrected chi connectivity index (χ0v) is 18.2. The van der Waals surface area contributed by atoms with Crippen molar-refractivity contribution in [3.63, 3.8) is 0 Å². The first-order valence-electron chi connectivity index (χ1n) is 11.4. The molecule has 0 N–H and O–H groups in total. The van der Waals surface area contributed by atoms with Crippen LogP contribution in [0.2, 0.25) is 0 Å². The molecular formula is C25H33N3O. The van der Waals surface area contributed by atoms with Crippen LogP contribution in [0.1, 0.15) is 70.7 Å². The highest BCUT2D eigenvalue weighted by molar-refractivity contribution is 5.80. The predicted molar refractivity (Wildman–Crippen MR) is 115 cm³/mol. The van der Waals surface area contributed by atoms with E-state index in [0.717, 1.165) is 37.2 Å². The van der Waals surface area contributed by atoms with Crippen molar-refractivity contribution < 1.29 is 4.79 Å². The first kappa shape index (κ1) is 19.0. The van der Waals surface area contributed by atoms with Crippen molar-refractivity contribution in [3.05, 3.63) is 41.6 Å². The number of allylic oxidation sites excluding steroid dienone is 4. The molecule has 0 radical (unpaired) electrons. The summed E-state index contributed by atoms with van der Waals surface area (Å²) in [4.78, 5) is 23.8. The zero-order chi connectivity index (χ0) is 20.4. The van der Waals surface area contributed by atoms with Crippen LogP contribution in [-0.4, -0.2) is 27.3 Å². The molecule has 5 rings (SSSR count). The second kappa shape index (κ2) is 6.52. The molecule has 29 heavy (non-hydrogen) atoms. The lowest BCUT2D eigenvalue weighted by Gasteiger charge is -2.58. The van der Waals surface area contributed by atoms with Crippen molar-refractivity contribution in [2.24, 2.45) is 28.6 Å². The number of aromatic nitrogens is 2. The van der Waals surface area contributed by atoms with Gasteiger partial charge in [-0.15, -0.1) is 0 Å². The molecule has 1 amide bonds. The lowest BCUT2D eigenvalue weighted by atomic mass is 9.49. The third-order valence-corrected chi connectivity index (χ3v) is 8.80. The zero-order valence-electron chi connectivity index (χ0n) is 18.2. The van der Waals surface area contributed by atoms with Gasteiger partial charge in [0.2, 0.25) is 5.91 Å². The molecule has 1 aromatic heterocycles. The number of hydrogen-bond donors (Lipinski definition) is 0. The number of nitrogens with zero attached hydrogens (tertiary/aromatic N) is 3. The Balaban J connectivity index is 1.49. The highest BCUT2D eigenvalue weighted by Gasteiger charge is 2.58. The fourth-order valence-electron chi connectivity index (χ4n) is 7.35. The predicted octanol–water partition coefficient (Wildman–Crippen LogP) is 5.16. The molecule has 5 atom stereocenters. The number of hydrogen-bond acceptors (Lipinski definition) is 3. The molecule has 0 aromatic carbocycles. The van der Waals surface area contributed by atoms with Crippen molar-refractivity contribution in [1.82, 2.24) is 14.9 Å². The maximum atomic E-state index is 12.5. The number of likely N-dealkylation sites (tertiary alicyclic amines) is 1. The van der Waals surface area contributed by atoms with Crippen molar-refractivity contribution in [3.8, 4) is 0 Å². The quantitative estimate of drug-likeness (QED) is 0.700. The molecule has 3 aliphatic carbocycles. The van der Waals surface area contributed by atoms with Crippen molar-refractivity contribution >= 4 is 11.5 Å². The molecule has 0 unspecified atom stereocenters. The van der Waals surface area contributed by atoms with Crippen LogP contribution in [0, 0.1) is 35.5 Å². The molecule has 1 saturated heterocycles. The molecule has 4 aliphatic rings. The summed E-state index contributed by atoms with van der Waals surface area (Å²) in [5, 5.41) is 0. The molecule has 2 fully saturated rings. The lowest BCUT2D eigenvalue weighted by Crippen LogP contribution is -2.54. The van der Waals surface area contributed by atoms with E-state index in [4.69, 9.17) is 4.98 Å². The first-order chi connectivity index (χ1) is 13.9. The highest BCUT2D eigenvalue weighted by atomic mass is 16.2. The Hall–Kier alpha value is -1.97. The van der Waals surface area contributed by atoms with Crippen molar-refractivity contribution in [2.75, 3.05) is 6.54 Å². The molecular weight excluding hydrogens is 358 g/mol. The average Bonchev–Trinajstić information content (AvgIpc) is 3.06. The summed E-state index contributed by atoms with van der Waals surface area (Å²) in [6.07, 6.45) is 15.1. The fourth-order valence-corrected chi connectivity index (χ4v) is 7.35. The summed E-state index contributed by atoms with van der Waals surface area (Å²) in [6, 6.07) is 0. The number of rotatable bonds is 2. The smallest absolute Gasteiger partial charge is 0.226 e. The number of fused-ring (bicyclic) bond motifs is 5. The normalized spacial score (nSPS) is 38.7. The number of amides is 1.